The van der Waals surface area contributed by atoms with Crippen LogP contribution in [0.5, 0.6) is 0 Å². The van der Waals surface area contributed by atoms with Gasteiger partial charge in [0.1, 0.15) is 0 Å². The van der Waals surface area contributed by atoms with E-state index in [2.05, 4.69) is 31.9 Å². The lowest BCUT2D eigenvalue weighted by atomic mass is 9.89. The standard InChI is InChI=1S/C25H16Br2N2O4/c26-20-11-7-16(8-12-20)24-18(3-1-5-22(24)28(30)31)15-19-4-2-6-23(29(32)33)25(19)17-9-13-21(27)14-10-17/h1-14H,15H2. The lowest BCUT2D eigenvalue weighted by Gasteiger charge is -2.14. The van der Waals surface area contributed by atoms with Gasteiger partial charge in [-0.05, 0) is 52.9 Å². The molecule has 0 heterocycles. The zero-order chi connectivity index (χ0) is 23.5. The zero-order valence-electron chi connectivity index (χ0n) is 17.1. The fraction of sp³-hybridized carbons (Fsp3) is 0.0400. The van der Waals surface area contributed by atoms with Crippen LogP contribution >= 0.6 is 31.9 Å². The summed E-state index contributed by atoms with van der Waals surface area (Å²) >= 11 is 6.80. The molecule has 0 N–H and O–H groups in total. The van der Waals surface area contributed by atoms with Crippen LogP contribution in [0.2, 0.25) is 0 Å². The first kappa shape index (κ1) is 22.8. The maximum atomic E-state index is 11.8. The van der Waals surface area contributed by atoms with E-state index in [0.717, 1.165) is 8.95 Å². The van der Waals surface area contributed by atoms with E-state index in [-0.39, 0.29) is 11.4 Å². The SMILES string of the molecule is O=[N+]([O-])c1cccc(Cc2cccc([N+](=O)[O-])c2-c2ccc(Br)cc2)c1-c1ccc(Br)cc1. The second-order valence-corrected chi connectivity index (χ2v) is 9.16. The Morgan fingerprint density at radius 2 is 0.939 bits per heavy atom. The molecule has 33 heavy (non-hydrogen) atoms. The first-order valence-corrected chi connectivity index (χ1v) is 11.5. The third kappa shape index (κ3) is 4.86. The Morgan fingerprint density at radius 3 is 1.27 bits per heavy atom. The molecule has 4 aromatic rings. The highest BCUT2D eigenvalue weighted by Gasteiger charge is 2.23. The molecule has 164 valence electrons. The van der Waals surface area contributed by atoms with Crippen molar-refractivity contribution in [3.8, 4) is 22.3 Å². The molecule has 0 saturated heterocycles. The van der Waals surface area contributed by atoms with Gasteiger partial charge in [0.25, 0.3) is 11.4 Å². The topological polar surface area (TPSA) is 86.3 Å². The maximum absolute atomic E-state index is 11.8. The fourth-order valence-corrected chi connectivity index (χ4v) is 4.41. The van der Waals surface area contributed by atoms with E-state index in [1.165, 1.54) is 12.1 Å². The number of nitro groups is 2. The Morgan fingerprint density at radius 1 is 0.576 bits per heavy atom. The average molecular weight is 568 g/mol. The van der Waals surface area contributed by atoms with Crippen LogP contribution in [-0.4, -0.2) is 9.85 Å². The molecule has 0 amide bonds. The number of rotatable bonds is 6. The summed E-state index contributed by atoms with van der Waals surface area (Å²) in [5.41, 5.74) is 3.82. The van der Waals surface area contributed by atoms with E-state index in [9.17, 15) is 20.2 Å². The molecular weight excluding hydrogens is 552 g/mol. The van der Waals surface area contributed by atoms with E-state index in [1.807, 2.05) is 60.7 Å². The van der Waals surface area contributed by atoms with Crippen LogP contribution in [0.25, 0.3) is 22.3 Å². The molecule has 0 aliphatic rings. The zero-order valence-corrected chi connectivity index (χ0v) is 20.2. The smallest absolute Gasteiger partial charge is 0.258 e. The van der Waals surface area contributed by atoms with Crippen molar-refractivity contribution in [3.05, 3.63) is 125 Å². The van der Waals surface area contributed by atoms with Gasteiger partial charge in [0.2, 0.25) is 0 Å². The molecule has 6 nitrogen and oxygen atoms in total. The molecule has 0 fully saturated rings. The van der Waals surface area contributed by atoms with Crippen LogP contribution in [0.1, 0.15) is 11.1 Å². The van der Waals surface area contributed by atoms with Crippen molar-refractivity contribution < 1.29 is 9.85 Å². The minimum absolute atomic E-state index is 0.00885. The van der Waals surface area contributed by atoms with Crippen molar-refractivity contribution >= 4 is 43.2 Å². The van der Waals surface area contributed by atoms with Crippen molar-refractivity contribution in [1.29, 1.82) is 0 Å². The highest BCUT2D eigenvalue weighted by molar-refractivity contribution is 9.10. The minimum Gasteiger partial charge on any atom is -0.258 e. The molecular formula is C25H16Br2N2O4. The molecule has 0 saturated carbocycles. The van der Waals surface area contributed by atoms with E-state index < -0.39 is 9.85 Å². The summed E-state index contributed by atoms with van der Waals surface area (Å²) in [6.07, 6.45) is 0.292. The van der Waals surface area contributed by atoms with Crippen LogP contribution < -0.4 is 0 Å². The number of halogens is 2. The van der Waals surface area contributed by atoms with Crippen LogP contribution in [0.3, 0.4) is 0 Å². The van der Waals surface area contributed by atoms with Crippen molar-refractivity contribution in [2.75, 3.05) is 0 Å². The van der Waals surface area contributed by atoms with Crippen molar-refractivity contribution in [1.82, 2.24) is 0 Å². The maximum Gasteiger partial charge on any atom is 0.277 e. The summed E-state index contributed by atoms with van der Waals surface area (Å²) in [6, 6.07) is 24.5. The number of benzene rings is 4. The highest BCUT2D eigenvalue weighted by Crippen LogP contribution is 2.39. The molecule has 0 aliphatic heterocycles. The third-order valence-electron chi connectivity index (χ3n) is 5.30. The molecule has 0 aliphatic carbocycles. The third-order valence-corrected chi connectivity index (χ3v) is 6.35. The summed E-state index contributed by atoms with van der Waals surface area (Å²) in [4.78, 5) is 22.9. The summed E-state index contributed by atoms with van der Waals surface area (Å²) in [5, 5.41) is 23.7. The van der Waals surface area contributed by atoms with Crippen LogP contribution in [-0.2, 0) is 6.42 Å². The first-order chi connectivity index (χ1) is 15.8. The monoisotopic (exact) mass is 566 g/mol. The predicted molar refractivity (Wildman–Crippen MR) is 135 cm³/mol. The molecule has 0 spiro atoms. The Kier molecular flexibility index (Phi) is 6.67. The van der Waals surface area contributed by atoms with Gasteiger partial charge in [-0.15, -0.1) is 0 Å². The first-order valence-electron chi connectivity index (χ1n) is 9.89. The van der Waals surface area contributed by atoms with Gasteiger partial charge >= 0.3 is 0 Å². The molecule has 8 heteroatoms. The van der Waals surface area contributed by atoms with Crippen molar-refractivity contribution in [2.24, 2.45) is 0 Å². The Bertz CT molecular complexity index is 1250. The number of hydrogen-bond donors (Lipinski definition) is 0. The van der Waals surface area contributed by atoms with Crippen molar-refractivity contribution in [3.63, 3.8) is 0 Å². The summed E-state index contributed by atoms with van der Waals surface area (Å²) in [7, 11) is 0. The van der Waals surface area contributed by atoms with Crippen molar-refractivity contribution in [2.45, 2.75) is 6.42 Å². The van der Waals surface area contributed by atoms with E-state index >= 15 is 0 Å². The summed E-state index contributed by atoms with van der Waals surface area (Å²) < 4.78 is 1.73. The van der Waals surface area contributed by atoms with Crippen LogP contribution in [0.15, 0.2) is 93.9 Å². The molecule has 0 unspecified atom stereocenters. The largest absolute Gasteiger partial charge is 0.277 e. The van der Waals surface area contributed by atoms with Crippen LogP contribution in [0, 0.1) is 20.2 Å². The van der Waals surface area contributed by atoms with Gasteiger partial charge < -0.3 is 0 Å². The summed E-state index contributed by atoms with van der Waals surface area (Å²) in [5.74, 6) is 0. The van der Waals surface area contributed by atoms with Gasteiger partial charge in [-0.1, -0.05) is 80.4 Å². The molecule has 0 bridgehead atoms. The quantitative estimate of drug-likeness (QED) is 0.175. The Balaban J connectivity index is 1.92. The van der Waals surface area contributed by atoms with Gasteiger partial charge in [0.05, 0.1) is 21.0 Å². The summed E-state index contributed by atoms with van der Waals surface area (Å²) in [6.45, 7) is 0. The number of hydrogen-bond acceptors (Lipinski definition) is 4. The Labute approximate surface area is 206 Å². The molecule has 0 aromatic heterocycles. The van der Waals surface area contributed by atoms with Gasteiger partial charge in [-0.3, -0.25) is 20.2 Å². The normalized spacial score (nSPS) is 10.7. The van der Waals surface area contributed by atoms with Crippen LogP contribution in [0.4, 0.5) is 11.4 Å². The predicted octanol–water partition coefficient (Wildman–Crippen LogP) is 7.95. The molecule has 4 rings (SSSR count). The lowest BCUT2D eigenvalue weighted by Crippen LogP contribution is -2.01. The second-order valence-electron chi connectivity index (χ2n) is 7.33. The van der Waals surface area contributed by atoms with Gasteiger partial charge in [0.15, 0.2) is 0 Å². The Hall–Kier alpha value is -3.36. The average Bonchev–Trinajstić information content (AvgIpc) is 2.80. The van der Waals surface area contributed by atoms with E-state index in [1.54, 1.807) is 12.1 Å². The lowest BCUT2D eigenvalue weighted by molar-refractivity contribution is -0.384. The van der Waals surface area contributed by atoms with E-state index in [0.29, 0.717) is 39.8 Å². The number of nitrogens with zero attached hydrogens (tertiary/aromatic N) is 2. The molecule has 0 atom stereocenters. The van der Waals surface area contributed by atoms with Gasteiger partial charge in [-0.2, -0.15) is 0 Å². The highest BCUT2D eigenvalue weighted by atomic mass is 79.9. The number of nitro benzene ring substituents is 2. The molecule has 4 aromatic carbocycles. The van der Waals surface area contributed by atoms with E-state index in [4.69, 9.17) is 0 Å². The second kappa shape index (κ2) is 9.64. The van der Waals surface area contributed by atoms with Gasteiger partial charge in [-0.25, -0.2) is 0 Å². The molecule has 0 radical (unpaired) electrons. The minimum atomic E-state index is -0.399. The van der Waals surface area contributed by atoms with Gasteiger partial charge in [0, 0.05) is 21.1 Å². The fourth-order valence-electron chi connectivity index (χ4n) is 3.88.